The summed E-state index contributed by atoms with van der Waals surface area (Å²) in [5, 5.41) is 14.0. The number of hydrogen-bond acceptors (Lipinski definition) is 8. The molecule has 3 fully saturated rings. The Kier molecular flexibility index (Phi) is 5.26. The molecule has 34 heavy (non-hydrogen) atoms. The zero-order chi connectivity index (χ0) is 23.1. The molecular weight excluding hydrogens is 434 g/mol. The monoisotopic (exact) mass is 463 g/mol. The Morgan fingerprint density at radius 3 is 2.94 bits per heavy atom. The van der Waals surface area contributed by atoms with Gasteiger partial charge in [-0.1, -0.05) is 6.07 Å². The van der Waals surface area contributed by atoms with Crippen molar-refractivity contribution in [2.45, 2.75) is 30.9 Å². The van der Waals surface area contributed by atoms with Crippen molar-refractivity contribution >= 4 is 34.6 Å². The topological polar surface area (TPSA) is 105 Å². The summed E-state index contributed by atoms with van der Waals surface area (Å²) in [6, 6.07) is 10.1. The molecular formula is C24H29N7O3. The molecule has 1 spiro atoms. The molecule has 5 heterocycles. The molecule has 2 saturated heterocycles. The first-order valence-corrected chi connectivity index (χ1v) is 11.8. The number of rotatable bonds is 6. The van der Waals surface area contributed by atoms with Crippen molar-refractivity contribution in [2.24, 2.45) is 0 Å². The molecule has 1 amide bonds. The maximum atomic E-state index is 12.7. The molecule has 3 aromatic heterocycles. The van der Waals surface area contributed by atoms with Gasteiger partial charge in [-0.25, -0.2) is 9.50 Å². The van der Waals surface area contributed by atoms with E-state index in [1.807, 2.05) is 37.4 Å². The fraction of sp³-hybridized carbons (Fsp3) is 0.458. The lowest BCUT2D eigenvalue weighted by Gasteiger charge is -2.40. The predicted octanol–water partition coefficient (Wildman–Crippen LogP) is 2.40. The van der Waals surface area contributed by atoms with Crippen LogP contribution in [0.15, 0.2) is 36.5 Å². The molecule has 0 aromatic carbocycles. The van der Waals surface area contributed by atoms with Crippen LogP contribution in [-0.4, -0.2) is 72.1 Å². The highest BCUT2D eigenvalue weighted by molar-refractivity contribution is 6.01. The number of amides is 1. The number of morpholine rings is 1. The molecule has 1 saturated carbocycles. The summed E-state index contributed by atoms with van der Waals surface area (Å²) in [5.74, 6) is 2.32. The minimum atomic E-state index is -0.227. The Morgan fingerprint density at radius 2 is 2.15 bits per heavy atom. The van der Waals surface area contributed by atoms with Gasteiger partial charge in [0.1, 0.15) is 23.1 Å². The second-order valence-corrected chi connectivity index (χ2v) is 9.24. The van der Waals surface area contributed by atoms with Gasteiger partial charge in [0.25, 0.3) is 5.91 Å². The van der Waals surface area contributed by atoms with Crippen LogP contribution in [0.4, 0.5) is 23.1 Å². The van der Waals surface area contributed by atoms with Crippen LogP contribution in [0.5, 0.6) is 0 Å². The molecule has 3 aliphatic rings. The zero-order valence-corrected chi connectivity index (χ0v) is 19.2. The van der Waals surface area contributed by atoms with E-state index in [-0.39, 0.29) is 17.6 Å². The minimum Gasteiger partial charge on any atom is -0.378 e. The molecule has 3 aromatic rings. The number of nitrogens with zero attached hydrogens (tertiary/aromatic N) is 4. The van der Waals surface area contributed by atoms with Gasteiger partial charge in [0.05, 0.1) is 37.0 Å². The SMILES string of the molecule is CNc1cc(Nc2cccc(N3CCO[C@]4(CCOC4)C3)n2)cc2c(C(=O)NC3CC3)cnn12. The molecule has 10 nitrogen and oxygen atoms in total. The van der Waals surface area contributed by atoms with Gasteiger partial charge in [-0.15, -0.1) is 0 Å². The summed E-state index contributed by atoms with van der Waals surface area (Å²) in [7, 11) is 1.84. The van der Waals surface area contributed by atoms with Gasteiger partial charge in [-0.05, 0) is 31.0 Å². The van der Waals surface area contributed by atoms with Crippen LogP contribution in [0.1, 0.15) is 29.6 Å². The van der Waals surface area contributed by atoms with Crippen LogP contribution >= 0.6 is 0 Å². The van der Waals surface area contributed by atoms with E-state index in [9.17, 15) is 4.79 Å². The lowest BCUT2D eigenvalue weighted by molar-refractivity contribution is -0.0581. The molecule has 0 unspecified atom stereocenters. The standard InChI is InChI=1S/C24H29N7O3/c1-25-22-12-17(11-19-18(13-26-31(19)22)23(32)28-16-5-6-16)27-20-3-2-4-21(29-20)30-8-10-34-24(14-30)7-9-33-15-24/h2-4,11-13,16,25H,5-10,14-15H2,1H3,(H,27,29)(H,28,32)/t24-/m1/s1. The van der Waals surface area contributed by atoms with Crippen molar-refractivity contribution in [3.63, 3.8) is 0 Å². The van der Waals surface area contributed by atoms with E-state index in [0.29, 0.717) is 18.8 Å². The highest BCUT2D eigenvalue weighted by atomic mass is 16.6. The fourth-order valence-corrected chi connectivity index (χ4v) is 4.69. The largest absolute Gasteiger partial charge is 0.378 e. The number of ether oxygens (including phenoxy) is 2. The highest BCUT2D eigenvalue weighted by Gasteiger charge is 2.40. The second-order valence-electron chi connectivity index (χ2n) is 9.24. The smallest absolute Gasteiger partial charge is 0.255 e. The Hall–Kier alpha value is -3.37. The maximum Gasteiger partial charge on any atom is 0.255 e. The van der Waals surface area contributed by atoms with E-state index < -0.39 is 0 Å². The Labute approximate surface area is 197 Å². The van der Waals surface area contributed by atoms with Crippen LogP contribution in [0.2, 0.25) is 0 Å². The van der Waals surface area contributed by atoms with Crippen LogP contribution in [0, 0.1) is 0 Å². The number of anilines is 4. The van der Waals surface area contributed by atoms with E-state index >= 15 is 0 Å². The Morgan fingerprint density at radius 1 is 1.24 bits per heavy atom. The number of fused-ring (bicyclic) bond motifs is 1. The summed E-state index contributed by atoms with van der Waals surface area (Å²) in [6.45, 7) is 3.61. The quantitative estimate of drug-likeness (QED) is 0.512. The molecule has 3 N–H and O–H groups in total. The number of carbonyl (C=O) groups is 1. The van der Waals surface area contributed by atoms with Crippen molar-refractivity contribution in [3.8, 4) is 0 Å². The van der Waals surface area contributed by atoms with Crippen LogP contribution < -0.4 is 20.9 Å². The molecule has 1 aliphatic carbocycles. The maximum absolute atomic E-state index is 12.7. The van der Waals surface area contributed by atoms with Gasteiger partial charge >= 0.3 is 0 Å². The third-order valence-corrected chi connectivity index (χ3v) is 6.68. The number of pyridine rings is 2. The average Bonchev–Trinajstić information content (AvgIpc) is 3.38. The van der Waals surface area contributed by atoms with E-state index in [0.717, 1.165) is 67.6 Å². The average molecular weight is 464 g/mol. The summed E-state index contributed by atoms with van der Waals surface area (Å²) < 4.78 is 13.4. The van der Waals surface area contributed by atoms with Crippen molar-refractivity contribution in [3.05, 3.63) is 42.1 Å². The first-order valence-electron chi connectivity index (χ1n) is 11.8. The van der Waals surface area contributed by atoms with E-state index in [2.05, 4.69) is 25.9 Å². The van der Waals surface area contributed by atoms with Crippen LogP contribution in [0.3, 0.4) is 0 Å². The summed E-state index contributed by atoms with van der Waals surface area (Å²) in [4.78, 5) is 19.9. The molecule has 2 aliphatic heterocycles. The molecule has 6 rings (SSSR count). The first kappa shape index (κ1) is 21.2. The summed E-state index contributed by atoms with van der Waals surface area (Å²) in [5.41, 5.74) is 1.89. The van der Waals surface area contributed by atoms with Crippen molar-refractivity contribution in [1.82, 2.24) is 19.9 Å². The minimum absolute atomic E-state index is 0.0889. The van der Waals surface area contributed by atoms with Gasteiger partial charge in [-0.2, -0.15) is 5.10 Å². The fourth-order valence-electron chi connectivity index (χ4n) is 4.69. The molecule has 1 atom stereocenters. The molecule has 0 radical (unpaired) electrons. The lowest BCUT2D eigenvalue weighted by Crippen LogP contribution is -2.52. The Bertz CT molecular complexity index is 1220. The van der Waals surface area contributed by atoms with Crippen molar-refractivity contribution < 1.29 is 14.3 Å². The first-order chi connectivity index (χ1) is 16.6. The van der Waals surface area contributed by atoms with Gasteiger partial charge in [0.15, 0.2) is 0 Å². The lowest BCUT2D eigenvalue weighted by atomic mass is 10.0. The van der Waals surface area contributed by atoms with Crippen molar-refractivity contribution in [2.75, 3.05) is 55.5 Å². The van der Waals surface area contributed by atoms with Gasteiger partial charge in [0.2, 0.25) is 0 Å². The van der Waals surface area contributed by atoms with E-state index in [1.165, 1.54) is 0 Å². The van der Waals surface area contributed by atoms with Gasteiger partial charge in [-0.3, -0.25) is 4.79 Å². The number of carbonyl (C=O) groups excluding carboxylic acids is 1. The zero-order valence-electron chi connectivity index (χ0n) is 19.2. The second kappa shape index (κ2) is 8.44. The van der Waals surface area contributed by atoms with E-state index in [4.69, 9.17) is 14.5 Å². The third-order valence-electron chi connectivity index (χ3n) is 6.68. The molecule has 10 heteroatoms. The normalized spacial score (nSPS) is 22.3. The van der Waals surface area contributed by atoms with Gasteiger partial charge in [0, 0.05) is 44.4 Å². The van der Waals surface area contributed by atoms with Gasteiger partial charge < -0.3 is 30.3 Å². The number of aromatic nitrogens is 3. The highest BCUT2D eigenvalue weighted by Crippen LogP contribution is 2.31. The van der Waals surface area contributed by atoms with Crippen LogP contribution in [0.25, 0.3) is 5.52 Å². The van der Waals surface area contributed by atoms with Crippen molar-refractivity contribution in [1.29, 1.82) is 0 Å². The van der Waals surface area contributed by atoms with E-state index in [1.54, 1.807) is 10.7 Å². The predicted molar refractivity (Wildman–Crippen MR) is 129 cm³/mol. The summed E-state index contributed by atoms with van der Waals surface area (Å²) in [6.07, 6.45) is 4.62. The Balaban J connectivity index is 1.26. The number of nitrogens with one attached hydrogen (secondary N) is 3. The van der Waals surface area contributed by atoms with Crippen LogP contribution in [-0.2, 0) is 9.47 Å². The third kappa shape index (κ3) is 4.03. The molecule has 0 bridgehead atoms. The number of hydrogen-bond donors (Lipinski definition) is 3. The summed E-state index contributed by atoms with van der Waals surface area (Å²) >= 11 is 0. The molecule has 178 valence electrons.